The van der Waals surface area contributed by atoms with Crippen LogP contribution < -0.4 is 15.8 Å². The van der Waals surface area contributed by atoms with Crippen LogP contribution in [0.3, 0.4) is 0 Å². The average Bonchev–Trinajstić information content (AvgIpc) is 3.42. The maximum absolute atomic E-state index is 13.1. The number of fused-ring (bicyclic) bond motifs is 1. The Morgan fingerprint density at radius 2 is 1.79 bits per heavy atom. The molecule has 0 radical (unpaired) electrons. The Hall–Kier alpha value is -4.28. The Morgan fingerprint density at radius 3 is 2.57 bits per heavy atom. The fraction of sp³-hybridized carbons (Fsp3) is 0.375. The van der Waals surface area contributed by atoms with E-state index >= 15 is 0 Å². The molecule has 0 aliphatic carbocycles. The zero-order valence-corrected chi connectivity index (χ0v) is 24.0. The molecule has 1 amide bonds. The van der Waals surface area contributed by atoms with E-state index in [1.807, 2.05) is 70.3 Å². The molecule has 2 aromatic heterocycles. The van der Waals surface area contributed by atoms with Gasteiger partial charge in [0.15, 0.2) is 5.65 Å². The number of benzene rings is 2. The van der Waals surface area contributed by atoms with Gasteiger partial charge < -0.3 is 25.6 Å². The molecular formula is C32H38N8O2. The van der Waals surface area contributed by atoms with E-state index in [1.165, 1.54) is 6.33 Å². The maximum Gasteiger partial charge on any atom is 0.246 e. The molecule has 3 N–H and O–H groups in total. The smallest absolute Gasteiger partial charge is 0.246 e. The molecule has 1 atom stereocenters. The van der Waals surface area contributed by atoms with Gasteiger partial charge in [0.25, 0.3) is 0 Å². The molecule has 6 rings (SSSR count). The monoisotopic (exact) mass is 566 g/mol. The topological polar surface area (TPSA) is 114 Å². The Kier molecular flexibility index (Phi) is 8.43. The Bertz CT molecular complexity index is 1530. The van der Waals surface area contributed by atoms with Crippen LogP contribution in [-0.4, -0.2) is 81.3 Å². The minimum Gasteiger partial charge on any atom is -0.457 e. The Balaban J connectivity index is 1.16. The van der Waals surface area contributed by atoms with Crippen molar-refractivity contribution in [3.8, 4) is 22.8 Å². The number of likely N-dealkylation sites (tertiary alicyclic amines) is 2. The van der Waals surface area contributed by atoms with Crippen LogP contribution in [-0.2, 0) is 4.79 Å². The van der Waals surface area contributed by atoms with Gasteiger partial charge in [0.05, 0.1) is 11.4 Å². The Labute approximate surface area is 246 Å². The summed E-state index contributed by atoms with van der Waals surface area (Å²) in [4.78, 5) is 26.2. The molecule has 0 spiro atoms. The molecule has 2 aromatic carbocycles. The zero-order valence-electron chi connectivity index (χ0n) is 24.0. The average molecular weight is 567 g/mol. The molecule has 2 aliphatic rings. The third kappa shape index (κ3) is 6.29. The predicted molar refractivity (Wildman–Crippen MR) is 164 cm³/mol. The lowest BCUT2D eigenvalue weighted by Gasteiger charge is -2.32. The number of rotatable bonds is 8. The number of nitrogen functional groups attached to an aromatic ring is 1. The van der Waals surface area contributed by atoms with E-state index in [-0.39, 0.29) is 11.9 Å². The molecule has 218 valence electrons. The summed E-state index contributed by atoms with van der Waals surface area (Å²) < 4.78 is 7.89. The SMILES string of the molecule is CN1CCC(NC/C=C/C(=O)N2CCC[C@@H](n3nc(-c4ccc(Oc5ccccc5)cc4)c4c(N)ncnc43)C2)CC1. The van der Waals surface area contributed by atoms with Crippen LogP contribution in [0.5, 0.6) is 11.5 Å². The summed E-state index contributed by atoms with van der Waals surface area (Å²) in [5.74, 6) is 1.92. The summed E-state index contributed by atoms with van der Waals surface area (Å²) in [7, 11) is 2.16. The normalized spacial score (nSPS) is 18.6. The zero-order chi connectivity index (χ0) is 28.9. The van der Waals surface area contributed by atoms with Gasteiger partial charge in [0.1, 0.15) is 29.3 Å². The number of nitrogens with zero attached hydrogens (tertiary/aromatic N) is 6. The Morgan fingerprint density at radius 1 is 1.02 bits per heavy atom. The van der Waals surface area contributed by atoms with Gasteiger partial charge in [-0.05, 0) is 82.2 Å². The van der Waals surface area contributed by atoms with Crippen LogP contribution >= 0.6 is 0 Å². The number of carbonyl (C=O) groups is 1. The summed E-state index contributed by atoms with van der Waals surface area (Å²) in [5.41, 5.74) is 8.66. The molecule has 2 fully saturated rings. The van der Waals surface area contributed by atoms with E-state index in [2.05, 4.69) is 27.2 Å². The molecule has 2 aliphatic heterocycles. The number of nitrogens with two attached hydrogens (primary N) is 1. The van der Waals surface area contributed by atoms with Gasteiger partial charge in [-0.1, -0.05) is 24.3 Å². The molecular weight excluding hydrogens is 528 g/mol. The van der Waals surface area contributed by atoms with Crippen molar-refractivity contribution in [3.05, 3.63) is 73.1 Å². The molecule has 10 nitrogen and oxygen atoms in total. The van der Waals surface area contributed by atoms with Crippen molar-refractivity contribution in [2.75, 3.05) is 45.5 Å². The van der Waals surface area contributed by atoms with Gasteiger partial charge in [-0.15, -0.1) is 0 Å². The largest absolute Gasteiger partial charge is 0.457 e. The number of hydrogen-bond acceptors (Lipinski definition) is 8. The van der Waals surface area contributed by atoms with Gasteiger partial charge in [0.2, 0.25) is 5.91 Å². The number of piperidine rings is 2. The van der Waals surface area contributed by atoms with Gasteiger partial charge >= 0.3 is 0 Å². The molecule has 10 heteroatoms. The number of para-hydroxylation sites is 1. The van der Waals surface area contributed by atoms with Gasteiger partial charge in [-0.2, -0.15) is 5.10 Å². The van der Waals surface area contributed by atoms with E-state index in [0.717, 1.165) is 73.5 Å². The number of anilines is 1. The van der Waals surface area contributed by atoms with Crippen LogP contribution in [0.4, 0.5) is 5.82 Å². The molecule has 42 heavy (non-hydrogen) atoms. The van der Waals surface area contributed by atoms with E-state index in [9.17, 15) is 4.79 Å². The van der Waals surface area contributed by atoms with Crippen LogP contribution in [0.2, 0.25) is 0 Å². The van der Waals surface area contributed by atoms with Crippen LogP contribution in [0, 0.1) is 0 Å². The van der Waals surface area contributed by atoms with E-state index in [1.54, 1.807) is 6.08 Å². The molecule has 0 saturated carbocycles. The lowest BCUT2D eigenvalue weighted by Crippen LogP contribution is -2.41. The number of ether oxygens (including phenoxy) is 1. The third-order valence-electron chi connectivity index (χ3n) is 8.18. The standard InChI is InChI=1S/C32H38N8O2/c1-38-19-15-24(16-20-38)34-17-5-10-28(41)39-18-6-7-25(21-39)40-32-29(31(33)35-22-36-32)30(37-40)23-11-13-27(14-12-23)42-26-8-3-2-4-9-26/h2-5,8-14,22,24-25,34H,6-7,15-21H2,1H3,(H2,33,35,36)/b10-5+/t25-/m1/s1. The van der Waals surface area contributed by atoms with Crippen LogP contribution in [0.1, 0.15) is 31.7 Å². The second-order valence-corrected chi connectivity index (χ2v) is 11.2. The fourth-order valence-electron chi connectivity index (χ4n) is 5.82. The molecule has 2 saturated heterocycles. The maximum atomic E-state index is 13.1. The molecule has 0 unspecified atom stereocenters. The molecule has 4 aromatic rings. The first-order chi connectivity index (χ1) is 20.5. The van der Waals surface area contributed by atoms with Crippen molar-refractivity contribution in [1.29, 1.82) is 0 Å². The highest BCUT2D eigenvalue weighted by atomic mass is 16.5. The number of aromatic nitrogens is 4. The number of amides is 1. The second kappa shape index (κ2) is 12.7. The quantitative estimate of drug-likeness (QED) is 0.304. The lowest BCUT2D eigenvalue weighted by molar-refractivity contribution is -0.127. The first kappa shape index (κ1) is 27.9. The van der Waals surface area contributed by atoms with Crippen molar-refractivity contribution >= 4 is 22.8 Å². The summed E-state index contributed by atoms with van der Waals surface area (Å²) in [6.45, 7) is 4.23. The third-order valence-corrected chi connectivity index (χ3v) is 8.18. The summed E-state index contributed by atoms with van der Waals surface area (Å²) in [6, 6.07) is 18.0. The van der Waals surface area contributed by atoms with Crippen molar-refractivity contribution in [1.82, 2.24) is 34.9 Å². The lowest BCUT2D eigenvalue weighted by atomic mass is 10.1. The second-order valence-electron chi connectivity index (χ2n) is 11.2. The highest BCUT2D eigenvalue weighted by Gasteiger charge is 2.28. The minimum absolute atomic E-state index is 0.0142. The first-order valence-corrected chi connectivity index (χ1v) is 14.7. The number of hydrogen-bond donors (Lipinski definition) is 2. The van der Waals surface area contributed by atoms with Crippen molar-refractivity contribution in [2.24, 2.45) is 0 Å². The van der Waals surface area contributed by atoms with E-state index in [4.69, 9.17) is 15.6 Å². The molecule has 0 bridgehead atoms. The van der Waals surface area contributed by atoms with Crippen LogP contribution in [0.15, 0.2) is 73.1 Å². The summed E-state index contributed by atoms with van der Waals surface area (Å²) >= 11 is 0. The highest BCUT2D eigenvalue weighted by Crippen LogP contribution is 2.35. The summed E-state index contributed by atoms with van der Waals surface area (Å²) in [6.07, 6.45) is 9.20. The van der Waals surface area contributed by atoms with Gasteiger partial charge in [0, 0.05) is 37.3 Å². The molecule has 4 heterocycles. The number of nitrogens with one attached hydrogen (secondary N) is 1. The highest BCUT2D eigenvalue weighted by molar-refractivity contribution is 5.98. The predicted octanol–water partition coefficient (Wildman–Crippen LogP) is 4.27. The van der Waals surface area contributed by atoms with E-state index < -0.39 is 0 Å². The number of carbonyl (C=O) groups excluding carboxylic acids is 1. The van der Waals surface area contributed by atoms with Gasteiger partial charge in [-0.3, -0.25) is 4.79 Å². The van der Waals surface area contributed by atoms with Crippen molar-refractivity contribution in [3.63, 3.8) is 0 Å². The van der Waals surface area contributed by atoms with Crippen molar-refractivity contribution < 1.29 is 9.53 Å². The first-order valence-electron chi connectivity index (χ1n) is 14.7. The van der Waals surface area contributed by atoms with Gasteiger partial charge in [-0.25, -0.2) is 14.6 Å². The summed E-state index contributed by atoms with van der Waals surface area (Å²) in [5, 5.41) is 9.29. The van der Waals surface area contributed by atoms with Crippen LogP contribution in [0.25, 0.3) is 22.3 Å². The van der Waals surface area contributed by atoms with E-state index in [0.29, 0.717) is 30.6 Å². The minimum atomic E-state index is -0.0142. The van der Waals surface area contributed by atoms with Crippen molar-refractivity contribution in [2.45, 2.75) is 37.8 Å². The fourth-order valence-corrected chi connectivity index (χ4v) is 5.82.